The first-order valence-corrected chi connectivity index (χ1v) is 9.77. The molecule has 0 aromatic carbocycles. The van der Waals surface area contributed by atoms with Crippen LogP contribution in [0.4, 0.5) is 4.79 Å². The zero-order valence-electron chi connectivity index (χ0n) is 16.2. The Bertz CT molecular complexity index is 634. The Morgan fingerprint density at radius 2 is 1.88 bits per heavy atom. The maximum Gasteiger partial charge on any atom is 0.319 e. The van der Waals surface area contributed by atoms with Crippen molar-refractivity contribution in [2.75, 3.05) is 40.3 Å². The van der Waals surface area contributed by atoms with Gasteiger partial charge in [-0.3, -0.25) is 4.79 Å². The number of carbonyl (C=O) groups excluding carboxylic acids is 2. The van der Waals surface area contributed by atoms with E-state index in [0.29, 0.717) is 12.5 Å². The minimum Gasteiger partial charge on any atom is -0.342 e. The van der Waals surface area contributed by atoms with Crippen molar-refractivity contribution >= 4 is 11.9 Å². The fraction of sp³-hybridized carbons (Fsp3) is 0.737. The lowest BCUT2D eigenvalue weighted by atomic mass is 9.92. The third-order valence-electron chi connectivity index (χ3n) is 5.68. The van der Waals surface area contributed by atoms with Crippen molar-refractivity contribution in [2.24, 2.45) is 5.92 Å². The van der Waals surface area contributed by atoms with Gasteiger partial charge >= 0.3 is 6.03 Å². The van der Waals surface area contributed by atoms with E-state index in [9.17, 15) is 9.59 Å². The zero-order valence-corrected chi connectivity index (χ0v) is 16.2. The van der Waals surface area contributed by atoms with Crippen LogP contribution < -0.4 is 0 Å². The highest BCUT2D eigenvalue weighted by molar-refractivity contribution is 5.81. The van der Waals surface area contributed by atoms with E-state index in [1.807, 2.05) is 22.2 Å². The van der Waals surface area contributed by atoms with Crippen molar-refractivity contribution in [3.8, 4) is 0 Å². The molecule has 2 saturated heterocycles. The highest BCUT2D eigenvalue weighted by Crippen LogP contribution is 2.29. The molecule has 0 spiro atoms. The monoisotopic (exact) mass is 361 g/mol. The van der Waals surface area contributed by atoms with Crippen molar-refractivity contribution < 1.29 is 9.59 Å². The molecule has 0 bridgehead atoms. The molecule has 0 radical (unpaired) electrons. The minimum atomic E-state index is -0.0539. The average molecular weight is 361 g/mol. The summed E-state index contributed by atoms with van der Waals surface area (Å²) in [7, 11) is 3.53. The number of likely N-dealkylation sites (tertiary alicyclic amines) is 2. The quantitative estimate of drug-likeness (QED) is 0.827. The summed E-state index contributed by atoms with van der Waals surface area (Å²) in [5, 5.41) is 0. The molecule has 0 saturated carbocycles. The lowest BCUT2D eigenvalue weighted by Gasteiger charge is -2.38. The fourth-order valence-corrected chi connectivity index (χ4v) is 4.20. The van der Waals surface area contributed by atoms with Crippen molar-refractivity contribution in [3.63, 3.8) is 0 Å². The van der Waals surface area contributed by atoms with Crippen LogP contribution in [0.5, 0.6) is 0 Å². The maximum absolute atomic E-state index is 13.0. The standard InChI is InChI=1S/C19H31N5O2/c1-4-22-13-9-20-17(22)15-7-11-23(12-8-15)18(25)16-6-5-10-24(14-16)19(26)21(2)3/h9,13,15-16H,4-8,10-12,14H2,1-3H3/t16-/m0/s1. The van der Waals surface area contributed by atoms with Gasteiger partial charge in [-0.15, -0.1) is 0 Å². The van der Waals surface area contributed by atoms with Gasteiger partial charge in [-0.1, -0.05) is 0 Å². The van der Waals surface area contributed by atoms with E-state index in [1.165, 1.54) is 0 Å². The van der Waals surface area contributed by atoms with Crippen LogP contribution in [0.15, 0.2) is 12.4 Å². The number of nitrogens with zero attached hydrogens (tertiary/aromatic N) is 5. The van der Waals surface area contributed by atoms with Gasteiger partial charge in [0.25, 0.3) is 0 Å². The molecule has 3 rings (SSSR count). The van der Waals surface area contributed by atoms with Crippen molar-refractivity contribution in [2.45, 2.75) is 45.1 Å². The summed E-state index contributed by atoms with van der Waals surface area (Å²) in [6, 6.07) is 0.00705. The maximum atomic E-state index is 13.0. The summed E-state index contributed by atoms with van der Waals surface area (Å²) in [6.07, 6.45) is 7.63. The van der Waals surface area contributed by atoms with E-state index >= 15 is 0 Å². The number of rotatable bonds is 3. The Labute approximate surface area is 156 Å². The lowest BCUT2D eigenvalue weighted by molar-refractivity contribution is -0.138. The Balaban J connectivity index is 1.55. The number of amides is 3. The summed E-state index contributed by atoms with van der Waals surface area (Å²) in [5.74, 6) is 1.76. The average Bonchev–Trinajstić information content (AvgIpc) is 3.15. The van der Waals surface area contributed by atoms with E-state index in [1.54, 1.807) is 19.0 Å². The van der Waals surface area contributed by atoms with E-state index in [0.717, 1.165) is 57.7 Å². The van der Waals surface area contributed by atoms with Crippen molar-refractivity contribution in [1.29, 1.82) is 0 Å². The molecule has 0 N–H and O–H groups in total. The van der Waals surface area contributed by atoms with Crippen molar-refractivity contribution in [3.05, 3.63) is 18.2 Å². The van der Waals surface area contributed by atoms with Crippen LogP contribution in [0.2, 0.25) is 0 Å². The number of carbonyl (C=O) groups is 2. The van der Waals surface area contributed by atoms with E-state index in [4.69, 9.17) is 0 Å². The summed E-state index contributed by atoms with van der Waals surface area (Å²) < 4.78 is 2.20. The number of hydrogen-bond acceptors (Lipinski definition) is 3. The van der Waals surface area contributed by atoms with Crippen LogP contribution in [0.1, 0.15) is 44.3 Å². The first-order valence-electron chi connectivity index (χ1n) is 9.77. The van der Waals surface area contributed by atoms with Crippen LogP contribution in [0.25, 0.3) is 0 Å². The molecular weight excluding hydrogens is 330 g/mol. The minimum absolute atomic E-state index is 0.00705. The van der Waals surface area contributed by atoms with Crippen molar-refractivity contribution in [1.82, 2.24) is 24.3 Å². The highest BCUT2D eigenvalue weighted by Gasteiger charge is 2.34. The molecule has 7 nitrogen and oxygen atoms in total. The SMILES string of the molecule is CCn1ccnc1C1CCN(C(=O)[C@H]2CCCN(C(=O)N(C)C)C2)CC1. The Morgan fingerprint density at radius 3 is 2.54 bits per heavy atom. The molecule has 2 aliphatic rings. The van der Waals surface area contributed by atoms with Gasteiger partial charge in [-0.05, 0) is 32.6 Å². The van der Waals surface area contributed by atoms with E-state index < -0.39 is 0 Å². The molecule has 26 heavy (non-hydrogen) atoms. The number of aryl methyl sites for hydroxylation is 1. The lowest BCUT2D eigenvalue weighted by Crippen LogP contribution is -2.50. The second-order valence-corrected chi connectivity index (χ2v) is 7.63. The Kier molecular flexibility index (Phi) is 5.84. The number of imidazole rings is 1. The summed E-state index contributed by atoms with van der Waals surface area (Å²) >= 11 is 0. The molecule has 3 amide bonds. The van der Waals surface area contributed by atoms with Crippen LogP contribution in [-0.2, 0) is 11.3 Å². The van der Waals surface area contributed by atoms with Gasteiger partial charge in [0.05, 0.1) is 5.92 Å². The van der Waals surface area contributed by atoms with Gasteiger partial charge in [0.15, 0.2) is 0 Å². The first-order chi connectivity index (χ1) is 12.5. The summed E-state index contributed by atoms with van der Waals surface area (Å²) in [5.41, 5.74) is 0. The van der Waals surface area contributed by atoms with Gasteiger partial charge in [0, 0.05) is 65.1 Å². The molecule has 144 valence electrons. The predicted octanol–water partition coefficient (Wildman–Crippen LogP) is 2.00. The first kappa shape index (κ1) is 18.7. The second kappa shape index (κ2) is 8.10. The van der Waals surface area contributed by atoms with Gasteiger partial charge in [0.2, 0.25) is 5.91 Å². The normalized spacial score (nSPS) is 21.7. The molecule has 7 heteroatoms. The van der Waals surface area contributed by atoms with Gasteiger partial charge in [0.1, 0.15) is 5.82 Å². The van der Waals surface area contributed by atoms with E-state index in [2.05, 4.69) is 16.5 Å². The van der Waals surface area contributed by atoms with Crippen LogP contribution in [0.3, 0.4) is 0 Å². The number of urea groups is 1. The highest BCUT2D eigenvalue weighted by atomic mass is 16.2. The zero-order chi connectivity index (χ0) is 18.7. The molecule has 1 aromatic rings. The molecule has 3 heterocycles. The second-order valence-electron chi connectivity index (χ2n) is 7.63. The van der Waals surface area contributed by atoms with Crippen LogP contribution >= 0.6 is 0 Å². The molecule has 0 aliphatic carbocycles. The molecule has 2 fully saturated rings. The Morgan fingerprint density at radius 1 is 1.15 bits per heavy atom. The van der Waals surface area contributed by atoms with Gasteiger partial charge < -0.3 is 19.3 Å². The molecule has 2 aliphatic heterocycles. The van der Waals surface area contributed by atoms with Gasteiger partial charge in [-0.25, -0.2) is 9.78 Å². The molecule has 1 atom stereocenters. The molecular formula is C19H31N5O2. The number of piperidine rings is 2. The summed E-state index contributed by atoms with van der Waals surface area (Å²) in [4.78, 5) is 35.1. The fourth-order valence-electron chi connectivity index (χ4n) is 4.20. The Hall–Kier alpha value is -2.05. The third kappa shape index (κ3) is 3.86. The number of aromatic nitrogens is 2. The third-order valence-corrected chi connectivity index (χ3v) is 5.68. The molecule has 1 aromatic heterocycles. The topological polar surface area (TPSA) is 61.7 Å². The smallest absolute Gasteiger partial charge is 0.319 e. The van der Waals surface area contributed by atoms with E-state index in [-0.39, 0.29) is 17.9 Å². The molecule has 0 unspecified atom stereocenters. The van der Waals surface area contributed by atoms with Crippen LogP contribution in [-0.4, -0.2) is 76.5 Å². The van der Waals surface area contributed by atoms with Crippen LogP contribution in [0, 0.1) is 5.92 Å². The number of hydrogen-bond donors (Lipinski definition) is 0. The summed E-state index contributed by atoms with van der Waals surface area (Å²) in [6.45, 7) is 5.95. The largest absolute Gasteiger partial charge is 0.342 e. The predicted molar refractivity (Wildman–Crippen MR) is 99.8 cm³/mol. The van der Waals surface area contributed by atoms with Gasteiger partial charge in [-0.2, -0.15) is 0 Å².